The molecule has 0 bridgehead atoms. The smallest absolute Gasteiger partial charge is 0.0658 e. The van der Waals surface area contributed by atoms with Gasteiger partial charge in [0.1, 0.15) is 0 Å². The SMILES string of the molecule is CCCCCC(C)(CO)Nc1ccc(Br)cc1. The van der Waals surface area contributed by atoms with Gasteiger partial charge in [-0.05, 0) is 37.6 Å². The van der Waals surface area contributed by atoms with Crippen LogP contribution in [0.4, 0.5) is 5.69 Å². The third-order valence-corrected chi connectivity index (χ3v) is 3.50. The molecule has 0 aliphatic rings. The minimum atomic E-state index is -0.219. The molecule has 0 spiro atoms. The highest BCUT2D eigenvalue weighted by atomic mass is 79.9. The minimum absolute atomic E-state index is 0.160. The number of hydrogen-bond acceptors (Lipinski definition) is 2. The fourth-order valence-electron chi connectivity index (χ4n) is 1.83. The van der Waals surface area contributed by atoms with E-state index in [1.807, 2.05) is 24.3 Å². The van der Waals surface area contributed by atoms with Crippen LogP contribution in [0.1, 0.15) is 39.5 Å². The van der Waals surface area contributed by atoms with E-state index in [2.05, 4.69) is 35.1 Å². The second-order valence-electron chi connectivity index (χ2n) is 4.81. The average molecular weight is 300 g/mol. The Balaban J connectivity index is 2.58. The predicted molar refractivity (Wildman–Crippen MR) is 77.4 cm³/mol. The third kappa shape index (κ3) is 5.09. The number of rotatable bonds is 7. The van der Waals surface area contributed by atoms with Gasteiger partial charge in [0.05, 0.1) is 12.1 Å². The molecule has 0 aliphatic heterocycles. The molecule has 0 saturated heterocycles. The zero-order chi connectivity index (χ0) is 12.7. The standard InChI is InChI=1S/C14H22BrNO/c1-3-4-5-10-14(2,11-17)16-13-8-6-12(15)7-9-13/h6-9,16-17H,3-5,10-11H2,1-2H3. The van der Waals surface area contributed by atoms with Gasteiger partial charge < -0.3 is 10.4 Å². The van der Waals surface area contributed by atoms with Gasteiger partial charge in [-0.1, -0.05) is 42.1 Å². The summed E-state index contributed by atoms with van der Waals surface area (Å²) in [5, 5.41) is 12.9. The van der Waals surface area contributed by atoms with Crippen molar-refractivity contribution in [2.24, 2.45) is 0 Å². The molecular weight excluding hydrogens is 278 g/mol. The lowest BCUT2D eigenvalue weighted by atomic mass is 9.95. The van der Waals surface area contributed by atoms with E-state index in [1.54, 1.807) is 0 Å². The Morgan fingerprint density at radius 1 is 1.24 bits per heavy atom. The molecule has 0 radical (unpaired) electrons. The zero-order valence-electron chi connectivity index (χ0n) is 10.7. The molecule has 3 heteroatoms. The highest BCUT2D eigenvalue weighted by molar-refractivity contribution is 9.10. The number of aliphatic hydroxyl groups is 1. The molecule has 0 heterocycles. The molecule has 2 nitrogen and oxygen atoms in total. The highest BCUT2D eigenvalue weighted by Crippen LogP contribution is 2.22. The van der Waals surface area contributed by atoms with Gasteiger partial charge in [0.25, 0.3) is 0 Å². The van der Waals surface area contributed by atoms with E-state index < -0.39 is 0 Å². The second-order valence-corrected chi connectivity index (χ2v) is 5.72. The molecule has 96 valence electrons. The molecule has 1 aromatic rings. The topological polar surface area (TPSA) is 32.3 Å². The Hall–Kier alpha value is -0.540. The normalized spacial score (nSPS) is 14.4. The number of unbranched alkanes of at least 4 members (excludes halogenated alkanes) is 2. The van der Waals surface area contributed by atoms with E-state index in [9.17, 15) is 5.11 Å². The van der Waals surface area contributed by atoms with Gasteiger partial charge >= 0.3 is 0 Å². The summed E-state index contributed by atoms with van der Waals surface area (Å²) in [5.41, 5.74) is 0.837. The number of benzene rings is 1. The zero-order valence-corrected chi connectivity index (χ0v) is 12.3. The Labute approximate surface area is 113 Å². The number of halogens is 1. The summed E-state index contributed by atoms with van der Waals surface area (Å²) in [5.74, 6) is 0. The molecule has 0 amide bonds. The fraction of sp³-hybridized carbons (Fsp3) is 0.571. The molecule has 0 aromatic heterocycles. The van der Waals surface area contributed by atoms with Crippen LogP contribution in [-0.2, 0) is 0 Å². The van der Waals surface area contributed by atoms with Crippen LogP contribution >= 0.6 is 15.9 Å². The number of hydrogen-bond donors (Lipinski definition) is 2. The summed E-state index contributed by atoms with van der Waals surface area (Å²) in [6, 6.07) is 8.06. The van der Waals surface area contributed by atoms with E-state index >= 15 is 0 Å². The van der Waals surface area contributed by atoms with Crippen molar-refractivity contribution in [1.82, 2.24) is 0 Å². The molecule has 0 fully saturated rings. The molecular formula is C14H22BrNO. The molecule has 17 heavy (non-hydrogen) atoms. The first kappa shape index (κ1) is 14.5. The van der Waals surface area contributed by atoms with Crippen molar-refractivity contribution in [3.8, 4) is 0 Å². The van der Waals surface area contributed by atoms with E-state index in [-0.39, 0.29) is 12.1 Å². The first-order chi connectivity index (χ1) is 8.09. The van der Waals surface area contributed by atoms with Gasteiger partial charge in [-0.15, -0.1) is 0 Å². The lowest BCUT2D eigenvalue weighted by Crippen LogP contribution is -2.38. The monoisotopic (exact) mass is 299 g/mol. The number of anilines is 1. The van der Waals surface area contributed by atoms with Crippen LogP contribution in [0.5, 0.6) is 0 Å². The first-order valence-electron chi connectivity index (χ1n) is 6.24. The summed E-state index contributed by atoms with van der Waals surface area (Å²) in [7, 11) is 0. The number of aliphatic hydroxyl groups excluding tert-OH is 1. The minimum Gasteiger partial charge on any atom is -0.394 e. The van der Waals surface area contributed by atoms with Crippen LogP contribution < -0.4 is 5.32 Å². The summed E-state index contributed by atoms with van der Waals surface area (Å²) in [6.45, 7) is 4.43. The van der Waals surface area contributed by atoms with Gasteiger partial charge in [-0.2, -0.15) is 0 Å². The maximum Gasteiger partial charge on any atom is 0.0658 e. The Kier molecular flexibility index (Phi) is 6.00. The van der Waals surface area contributed by atoms with Crippen molar-refractivity contribution in [2.45, 2.75) is 45.1 Å². The Morgan fingerprint density at radius 3 is 2.41 bits per heavy atom. The summed E-state index contributed by atoms with van der Waals surface area (Å²) in [6.07, 6.45) is 4.57. The summed E-state index contributed by atoms with van der Waals surface area (Å²) >= 11 is 3.42. The van der Waals surface area contributed by atoms with Crippen molar-refractivity contribution in [3.05, 3.63) is 28.7 Å². The maximum atomic E-state index is 9.53. The van der Waals surface area contributed by atoms with Crippen molar-refractivity contribution in [1.29, 1.82) is 0 Å². The van der Waals surface area contributed by atoms with E-state index in [4.69, 9.17) is 0 Å². The van der Waals surface area contributed by atoms with Crippen molar-refractivity contribution in [3.63, 3.8) is 0 Å². The van der Waals surface area contributed by atoms with Gasteiger partial charge in [-0.3, -0.25) is 0 Å². The Bertz CT molecular complexity index is 325. The van der Waals surface area contributed by atoms with E-state index in [1.165, 1.54) is 12.8 Å². The van der Waals surface area contributed by atoms with Gasteiger partial charge in [0.2, 0.25) is 0 Å². The first-order valence-corrected chi connectivity index (χ1v) is 7.03. The van der Waals surface area contributed by atoms with Crippen LogP contribution in [0.2, 0.25) is 0 Å². The highest BCUT2D eigenvalue weighted by Gasteiger charge is 2.22. The molecule has 1 unspecified atom stereocenters. The van der Waals surface area contributed by atoms with Crippen molar-refractivity contribution < 1.29 is 5.11 Å². The molecule has 2 N–H and O–H groups in total. The fourth-order valence-corrected chi connectivity index (χ4v) is 2.09. The largest absolute Gasteiger partial charge is 0.394 e. The van der Waals surface area contributed by atoms with Crippen LogP contribution in [-0.4, -0.2) is 17.3 Å². The van der Waals surface area contributed by atoms with Gasteiger partial charge in [0, 0.05) is 10.2 Å². The molecule has 1 aromatic carbocycles. The summed E-state index contributed by atoms with van der Waals surface area (Å²) in [4.78, 5) is 0. The second kappa shape index (κ2) is 7.02. The third-order valence-electron chi connectivity index (χ3n) is 2.97. The van der Waals surface area contributed by atoms with Crippen molar-refractivity contribution >= 4 is 21.6 Å². The van der Waals surface area contributed by atoms with Crippen LogP contribution in [0.3, 0.4) is 0 Å². The maximum absolute atomic E-state index is 9.53. The molecule has 1 rings (SSSR count). The predicted octanol–water partition coefficient (Wildman–Crippen LogP) is 4.19. The van der Waals surface area contributed by atoms with Crippen LogP contribution in [0, 0.1) is 0 Å². The van der Waals surface area contributed by atoms with E-state index in [0.29, 0.717) is 0 Å². The lowest BCUT2D eigenvalue weighted by molar-refractivity contribution is 0.212. The molecule has 0 saturated carbocycles. The van der Waals surface area contributed by atoms with Crippen LogP contribution in [0.15, 0.2) is 28.7 Å². The lowest BCUT2D eigenvalue weighted by Gasteiger charge is -2.30. The average Bonchev–Trinajstić information content (AvgIpc) is 2.33. The summed E-state index contributed by atoms with van der Waals surface area (Å²) < 4.78 is 1.07. The van der Waals surface area contributed by atoms with E-state index in [0.717, 1.165) is 23.0 Å². The number of nitrogens with one attached hydrogen (secondary N) is 1. The van der Waals surface area contributed by atoms with Crippen molar-refractivity contribution in [2.75, 3.05) is 11.9 Å². The van der Waals surface area contributed by atoms with Gasteiger partial charge in [-0.25, -0.2) is 0 Å². The molecule has 0 aliphatic carbocycles. The Morgan fingerprint density at radius 2 is 1.88 bits per heavy atom. The quantitative estimate of drug-likeness (QED) is 0.740. The van der Waals surface area contributed by atoms with Gasteiger partial charge in [0.15, 0.2) is 0 Å². The van der Waals surface area contributed by atoms with Crippen LogP contribution in [0.25, 0.3) is 0 Å². The molecule has 1 atom stereocenters.